The van der Waals surface area contributed by atoms with Gasteiger partial charge in [0, 0.05) is 26.1 Å². The van der Waals surface area contributed by atoms with E-state index in [-0.39, 0.29) is 0 Å². The van der Waals surface area contributed by atoms with Crippen molar-refractivity contribution < 1.29 is 9.84 Å². The minimum Gasteiger partial charge on any atom is -0.491 e. The van der Waals surface area contributed by atoms with Gasteiger partial charge in [-0.25, -0.2) is 4.98 Å². The molecule has 0 saturated carbocycles. The van der Waals surface area contributed by atoms with E-state index in [2.05, 4.69) is 32.3 Å². The van der Waals surface area contributed by atoms with Crippen molar-refractivity contribution in [2.75, 3.05) is 32.8 Å². The van der Waals surface area contributed by atoms with Crippen molar-refractivity contribution in [3.05, 3.63) is 59.9 Å². The number of hydrogen-bond donors (Lipinski definition) is 3. The lowest BCUT2D eigenvalue weighted by Gasteiger charge is -2.23. The molecule has 6 nitrogen and oxygen atoms in total. The first-order chi connectivity index (χ1) is 15.3. The van der Waals surface area contributed by atoms with Crippen molar-refractivity contribution in [1.29, 1.82) is 0 Å². The highest BCUT2D eigenvalue weighted by Crippen LogP contribution is 2.15. The fourth-order valence-corrected chi connectivity index (χ4v) is 4.17. The van der Waals surface area contributed by atoms with Crippen LogP contribution in [0.15, 0.2) is 48.5 Å². The number of rotatable bonds is 10. The zero-order valence-corrected chi connectivity index (χ0v) is 18.2. The fourth-order valence-electron chi connectivity index (χ4n) is 4.17. The lowest BCUT2D eigenvalue weighted by atomic mass is 10.2. The van der Waals surface area contributed by atoms with Crippen LogP contribution >= 0.6 is 0 Å². The number of aliphatic hydroxyl groups is 1. The monoisotopic (exact) mass is 422 g/mol. The molecular weight excluding hydrogens is 388 g/mol. The maximum Gasteiger partial charge on any atom is 0.119 e. The molecule has 0 aliphatic carbocycles. The smallest absolute Gasteiger partial charge is 0.119 e. The van der Waals surface area contributed by atoms with Crippen LogP contribution in [0.25, 0.3) is 11.0 Å². The Kier molecular flexibility index (Phi) is 7.93. The normalized spacial score (nSPS) is 16.3. The van der Waals surface area contributed by atoms with Crippen LogP contribution in [0, 0.1) is 0 Å². The SMILES string of the molecule is OC(COc1cccc(CNCCc2nc3ccccc3[nH]2)c1)CN1CCCCCC1. The average Bonchev–Trinajstić information content (AvgIpc) is 3.03. The number of H-pyrrole nitrogens is 1. The zero-order valence-electron chi connectivity index (χ0n) is 18.2. The van der Waals surface area contributed by atoms with Crippen molar-refractivity contribution in [3.63, 3.8) is 0 Å². The molecule has 1 aliphatic rings. The second-order valence-electron chi connectivity index (χ2n) is 8.45. The summed E-state index contributed by atoms with van der Waals surface area (Å²) in [5.74, 6) is 1.82. The van der Waals surface area contributed by atoms with E-state index < -0.39 is 6.10 Å². The number of aromatic amines is 1. The van der Waals surface area contributed by atoms with Crippen LogP contribution in [0.4, 0.5) is 0 Å². The van der Waals surface area contributed by atoms with E-state index in [9.17, 15) is 5.11 Å². The number of ether oxygens (including phenoxy) is 1. The Balaban J connectivity index is 1.18. The molecule has 0 bridgehead atoms. The van der Waals surface area contributed by atoms with Gasteiger partial charge in [0.1, 0.15) is 24.3 Å². The maximum atomic E-state index is 10.4. The third-order valence-electron chi connectivity index (χ3n) is 5.81. The molecule has 1 atom stereocenters. The largest absolute Gasteiger partial charge is 0.491 e. The lowest BCUT2D eigenvalue weighted by Crippen LogP contribution is -2.36. The van der Waals surface area contributed by atoms with Gasteiger partial charge in [0.15, 0.2) is 0 Å². The summed E-state index contributed by atoms with van der Waals surface area (Å²) in [7, 11) is 0. The predicted octanol–water partition coefficient (Wildman–Crippen LogP) is 3.51. The molecule has 1 aliphatic heterocycles. The molecule has 3 aromatic rings. The summed E-state index contributed by atoms with van der Waals surface area (Å²) in [6, 6.07) is 16.2. The third-order valence-corrected chi connectivity index (χ3v) is 5.81. The molecule has 2 aromatic carbocycles. The number of fused-ring (bicyclic) bond motifs is 1. The first-order valence-electron chi connectivity index (χ1n) is 11.5. The van der Waals surface area contributed by atoms with Crippen LogP contribution in [0.1, 0.15) is 37.1 Å². The van der Waals surface area contributed by atoms with E-state index in [1.807, 2.05) is 36.4 Å². The minimum atomic E-state index is -0.455. The van der Waals surface area contributed by atoms with Crippen LogP contribution in [-0.4, -0.2) is 58.9 Å². The molecule has 0 amide bonds. The summed E-state index contributed by atoms with van der Waals surface area (Å²) in [5, 5.41) is 13.8. The summed E-state index contributed by atoms with van der Waals surface area (Å²) in [6.45, 7) is 4.83. The lowest BCUT2D eigenvalue weighted by molar-refractivity contribution is 0.0693. The predicted molar refractivity (Wildman–Crippen MR) is 124 cm³/mol. The van der Waals surface area contributed by atoms with Crippen molar-refractivity contribution >= 4 is 11.0 Å². The molecule has 3 N–H and O–H groups in total. The molecule has 2 heterocycles. The molecule has 1 saturated heterocycles. The highest BCUT2D eigenvalue weighted by Gasteiger charge is 2.14. The number of hydrogen-bond acceptors (Lipinski definition) is 5. The van der Waals surface area contributed by atoms with Gasteiger partial charge in [-0.2, -0.15) is 0 Å². The number of benzene rings is 2. The summed E-state index contributed by atoms with van der Waals surface area (Å²) in [4.78, 5) is 10.3. The molecular formula is C25H34N4O2. The van der Waals surface area contributed by atoms with E-state index in [1.54, 1.807) is 0 Å². The highest BCUT2D eigenvalue weighted by atomic mass is 16.5. The zero-order chi connectivity index (χ0) is 21.3. The third kappa shape index (κ3) is 6.79. The van der Waals surface area contributed by atoms with Crippen LogP contribution < -0.4 is 10.1 Å². The number of nitrogens with one attached hydrogen (secondary N) is 2. The molecule has 31 heavy (non-hydrogen) atoms. The summed E-state index contributed by atoms with van der Waals surface area (Å²) >= 11 is 0. The first kappa shape index (κ1) is 21.8. The van der Waals surface area contributed by atoms with Gasteiger partial charge in [0.05, 0.1) is 11.0 Å². The Hall–Kier alpha value is -2.41. The molecule has 6 heteroatoms. The number of likely N-dealkylation sites (tertiary alicyclic amines) is 1. The Morgan fingerprint density at radius 1 is 1.06 bits per heavy atom. The van der Waals surface area contributed by atoms with Crippen LogP contribution in [-0.2, 0) is 13.0 Å². The average molecular weight is 423 g/mol. The van der Waals surface area contributed by atoms with Gasteiger partial charge < -0.3 is 25.0 Å². The molecule has 166 valence electrons. The molecule has 1 unspecified atom stereocenters. The molecule has 0 radical (unpaired) electrons. The Morgan fingerprint density at radius 2 is 1.90 bits per heavy atom. The van der Waals surface area contributed by atoms with Gasteiger partial charge in [-0.15, -0.1) is 0 Å². The van der Waals surface area contributed by atoms with Gasteiger partial charge in [-0.05, 0) is 55.8 Å². The van der Waals surface area contributed by atoms with E-state index in [0.29, 0.717) is 13.2 Å². The summed E-state index contributed by atoms with van der Waals surface area (Å²) < 4.78 is 5.87. The molecule has 4 rings (SSSR count). The molecule has 1 aromatic heterocycles. The van der Waals surface area contributed by atoms with E-state index in [1.165, 1.54) is 31.2 Å². The number of aromatic nitrogens is 2. The van der Waals surface area contributed by atoms with Crippen molar-refractivity contribution in [1.82, 2.24) is 20.2 Å². The first-order valence-corrected chi connectivity index (χ1v) is 11.5. The van der Waals surface area contributed by atoms with Crippen LogP contribution in [0.3, 0.4) is 0 Å². The second kappa shape index (κ2) is 11.3. The summed E-state index contributed by atoms with van der Waals surface area (Å²) in [5.41, 5.74) is 3.27. The Bertz CT molecular complexity index is 901. The van der Waals surface area contributed by atoms with E-state index in [0.717, 1.165) is 55.2 Å². The van der Waals surface area contributed by atoms with Crippen LogP contribution in [0.5, 0.6) is 5.75 Å². The number of para-hydroxylation sites is 2. The Labute approximate surface area is 184 Å². The minimum absolute atomic E-state index is 0.333. The van der Waals surface area contributed by atoms with Crippen molar-refractivity contribution in [3.8, 4) is 5.75 Å². The fraction of sp³-hybridized carbons (Fsp3) is 0.480. The topological polar surface area (TPSA) is 73.4 Å². The van der Waals surface area contributed by atoms with Gasteiger partial charge in [0.25, 0.3) is 0 Å². The molecule has 1 fully saturated rings. The quantitative estimate of drug-likeness (QED) is 0.436. The van der Waals surface area contributed by atoms with E-state index in [4.69, 9.17) is 4.74 Å². The van der Waals surface area contributed by atoms with Crippen molar-refractivity contribution in [2.24, 2.45) is 0 Å². The van der Waals surface area contributed by atoms with Gasteiger partial charge >= 0.3 is 0 Å². The summed E-state index contributed by atoms with van der Waals surface area (Å²) in [6.07, 6.45) is 5.49. The number of aliphatic hydroxyl groups excluding tert-OH is 1. The van der Waals surface area contributed by atoms with Crippen LogP contribution in [0.2, 0.25) is 0 Å². The number of nitrogens with zero attached hydrogens (tertiary/aromatic N) is 2. The highest BCUT2D eigenvalue weighted by molar-refractivity contribution is 5.74. The number of β-amino-alcohol motifs (C(OH)–C–C–N with tert-alkyl or cyclic N) is 1. The standard InChI is InChI=1S/C25H34N4O2/c30-21(18-29-14-5-1-2-6-15-29)19-31-22-9-7-8-20(16-22)17-26-13-12-25-27-23-10-3-4-11-24(23)28-25/h3-4,7-11,16,21,26,30H,1-2,5-6,12-15,17-19H2,(H,27,28). The number of imidazole rings is 1. The molecule has 0 spiro atoms. The van der Waals surface area contributed by atoms with Gasteiger partial charge in [-0.1, -0.05) is 37.1 Å². The van der Waals surface area contributed by atoms with Gasteiger partial charge in [0.2, 0.25) is 0 Å². The second-order valence-corrected chi connectivity index (χ2v) is 8.45. The van der Waals surface area contributed by atoms with Crippen molar-refractivity contribution in [2.45, 2.75) is 44.8 Å². The van der Waals surface area contributed by atoms with Gasteiger partial charge in [-0.3, -0.25) is 0 Å². The Morgan fingerprint density at radius 3 is 2.74 bits per heavy atom. The maximum absolute atomic E-state index is 10.4. The van der Waals surface area contributed by atoms with E-state index >= 15 is 0 Å².